The van der Waals surface area contributed by atoms with Gasteiger partial charge in [-0.05, 0) is 37.3 Å². The van der Waals surface area contributed by atoms with Crippen molar-refractivity contribution in [1.82, 2.24) is 10.8 Å². The molecule has 0 saturated heterocycles. The fourth-order valence-corrected chi connectivity index (χ4v) is 3.25. The van der Waals surface area contributed by atoms with Crippen molar-refractivity contribution >= 4 is 52.2 Å². The molecule has 1 aromatic heterocycles. The molecule has 23 heavy (non-hydrogen) atoms. The second kappa shape index (κ2) is 7.65. The predicted octanol–water partition coefficient (Wildman–Crippen LogP) is 4.06. The van der Waals surface area contributed by atoms with E-state index in [1.807, 2.05) is 0 Å². The normalized spacial score (nSPS) is 11.7. The molecule has 2 rings (SSSR count). The Hall–Kier alpha value is -1.80. The Balaban J connectivity index is 1.99. The van der Waals surface area contributed by atoms with E-state index in [0.29, 0.717) is 20.6 Å². The van der Waals surface area contributed by atoms with Gasteiger partial charge in [0.2, 0.25) is 0 Å². The summed E-state index contributed by atoms with van der Waals surface area (Å²) in [5.41, 5.74) is 2.04. The molecule has 1 atom stereocenters. The zero-order valence-corrected chi connectivity index (χ0v) is 14.2. The topological polar surface area (TPSA) is 90.5 Å². The van der Waals surface area contributed by atoms with Crippen molar-refractivity contribution in [3.05, 3.63) is 50.1 Å². The Morgan fingerprint density at radius 2 is 1.83 bits per heavy atom. The van der Waals surface area contributed by atoms with Gasteiger partial charge < -0.3 is 10.6 Å². The lowest BCUT2D eigenvalue weighted by molar-refractivity contribution is 0.0711. The Morgan fingerprint density at radius 3 is 2.43 bits per heavy atom. The van der Waals surface area contributed by atoms with E-state index in [1.165, 1.54) is 11.3 Å². The fraction of sp³-hybridized carbons (Fsp3) is 0.143. The van der Waals surface area contributed by atoms with E-state index in [4.69, 9.17) is 28.4 Å². The quantitative estimate of drug-likeness (QED) is 0.481. The summed E-state index contributed by atoms with van der Waals surface area (Å²) in [6, 6.07) is 7.23. The number of carbonyl (C=O) groups excluding carboxylic acids is 2. The maximum Gasteiger partial charge on any atom is 0.319 e. The molecule has 122 valence electrons. The molecule has 9 heteroatoms. The van der Waals surface area contributed by atoms with E-state index in [1.54, 1.807) is 42.7 Å². The smallest absolute Gasteiger partial charge is 0.319 e. The van der Waals surface area contributed by atoms with Gasteiger partial charge in [0.1, 0.15) is 0 Å². The summed E-state index contributed by atoms with van der Waals surface area (Å²) in [5.74, 6) is -0.591. The first-order valence-electron chi connectivity index (χ1n) is 6.47. The van der Waals surface area contributed by atoms with Crippen LogP contribution in [-0.4, -0.2) is 17.1 Å². The van der Waals surface area contributed by atoms with Gasteiger partial charge >= 0.3 is 6.03 Å². The summed E-state index contributed by atoms with van der Waals surface area (Å²) in [7, 11) is 0. The molecule has 1 heterocycles. The first-order valence-corrected chi connectivity index (χ1v) is 8.04. The highest BCUT2D eigenvalue weighted by atomic mass is 35.5. The number of hydrogen-bond donors (Lipinski definition) is 4. The SMILES string of the molecule is CC(NC(=O)Nc1cc(Cl)cc(Cl)c1)c1ccc(C(=O)NO)s1. The van der Waals surface area contributed by atoms with Crippen molar-refractivity contribution in [2.75, 3.05) is 5.32 Å². The van der Waals surface area contributed by atoms with Gasteiger partial charge in [-0.1, -0.05) is 23.2 Å². The number of thiophene rings is 1. The van der Waals surface area contributed by atoms with Crippen molar-refractivity contribution in [3.8, 4) is 0 Å². The maximum absolute atomic E-state index is 12.0. The van der Waals surface area contributed by atoms with Gasteiger partial charge in [0.05, 0.1) is 10.9 Å². The molecule has 0 aliphatic rings. The summed E-state index contributed by atoms with van der Waals surface area (Å²) < 4.78 is 0. The second-order valence-corrected chi connectivity index (χ2v) is 6.61. The molecule has 3 amide bonds. The molecule has 0 bridgehead atoms. The van der Waals surface area contributed by atoms with Crippen LogP contribution in [0.25, 0.3) is 0 Å². The second-order valence-electron chi connectivity index (χ2n) is 4.62. The number of benzene rings is 1. The van der Waals surface area contributed by atoms with Crippen LogP contribution < -0.4 is 16.1 Å². The standard InChI is InChI=1S/C14H13Cl2N3O3S/c1-7(11-2-3-12(23-11)13(20)19-22)17-14(21)18-10-5-8(15)4-9(16)6-10/h2-7,22H,1H3,(H,19,20)(H2,17,18,21). The molecule has 0 radical (unpaired) electrons. The largest absolute Gasteiger partial charge is 0.331 e. The maximum atomic E-state index is 12.0. The average molecular weight is 374 g/mol. The van der Waals surface area contributed by atoms with Crippen molar-refractivity contribution in [2.45, 2.75) is 13.0 Å². The fourth-order valence-electron chi connectivity index (χ4n) is 1.82. The first-order chi connectivity index (χ1) is 10.9. The van der Waals surface area contributed by atoms with Crippen LogP contribution in [0, 0.1) is 0 Å². The Bertz CT molecular complexity index is 716. The predicted molar refractivity (Wildman–Crippen MR) is 90.6 cm³/mol. The Morgan fingerprint density at radius 1 is 1.17 bits per heavy atom. The van der Waals surface area contributed by atoms with Crippen LogP contribution in [-0.2, 0) is 0 Å². The number of carbonyl (C=O) groups is 2. The number of anilines is 1. The molecular formula is C14H13Cl2N3O3S. The molecule has 1 aromatic carbocycles. The van der Waals surface area contributed by atoms with Crippen molar-refractivity contribution < 1.29 is 14.8 Å². The zero-order valence-electron chi connectivity index (χ0n) is 11.9. The minimum atomic E-state index is -0.591. The number of rotatable bonds is 4. The molecule has 2 aromatic rings. The van der Waals surface area contributed by atoms with Gasteiger partial charge in [-0.3, -0.25) is 10.0 Å². The van der Waals surface area contributed by atoms with Gasteiger partial charge in [0.25, 0.3) is 5.91 Å². The van der Waals surface area contributed by atoms with Crippen molar-refractivity contribution in [2.24, 2.45) is 0 Å². The van der Waals surface area contributed by atoms with E-state index in [-0.39, 0.29) is 6.04 Å². The summed E-state index contributed by atoms with van der Waals surface area (Å²) in [6.45, 7) is 1.77. The highest BCUT2D eigenvalue weighted by Crippen LogP contribution is 2.24. The molecule has 1 unspecified atom stereocenters. The van der Waals surface area contributed by atoms with E-state index in [0.717, 1.165) is 4.88 Å². The molecule has 0 aliphatic heterocycles. The monoisotopic (exact) mass is 373 g/mol. The van der Waals surface area contributed by atoms with Gasteiger partial charge in [0, 0.05) is 20.6 Å². The highest BCUT2D eigenvalue weighted by Gasteiger charge is 2.15. The van der Waals surface area contributed by atoms with Crippen LogP contribution in [0.3, 0.4) is 0 Å². The third-order valence-electron chi connectivity index (χ3n) is 2.85. The van der Waals surface area contributed by atoms with E-state index >= 15 is 0 Å². The van der Waals surface area contributed by atoms with E-state index < -0.39 is 11.9 Å². The minimum absolute atomic E-state index is 0.324. The van der Waals surface area contributed by atoms with Gasteiger partial charge in [0.15, 0.2) is 0 Å². The molecule has 0 saturated carbocycles. The van der Waals surface area contributed by atoms with Crippen LogP contribution in [0.4, 0.5) is 10.5 Å². The third kappa shape index (κ3) is 4.84. The average Bonchev–Trinajstić information content (AvgIpc) is 2.94. The summed E-state index contributed by atoms with van der Waals surface area (Å²) in [5, 5.41) is 14.8. The Labute approximate surface area is 146 Å². The summed E-state index contributed by atoms with van der Waals surface area (Å²) >= 11 is 12.9. The lowest BCUT2D eigenvalue weighted by Gasteiger charge is -2.13. The number of urea groups is 1. The molecule has 6 nitrogen and oxygen atoms in total. The van der Waals surface area contributed by atoms with Gasteiger partial charge in [-0.2, -0.15) is 0 Å². The van der Waals surface area contributed by atoms with Crippen LogP contribution in [0.2, 0.25) is 10.0 Å². The summed E-state index contributed by atoms with van der Waals surface area (Å²) in [4.78, 5) is 24.4. The highest BCUT2D eigenvalue weighted by molar-refractivity contribution is 7.14. The van der Waals surface area contributed by atoms with E-state index in [9.17, 15) is 9.59 Å². The molecule has 4 N–H and O–H groups in total. The van der Waals surface area contributed by atoms with Crippen molar-refractivity contribution in [3.63, 3.8) is 0 Å². The van der Waals surface area contributed by atoms with Gasteiger partial charge in [-0.15, -0.1) is 11.3 Å². The lowest BCUT2D eigenvalue weighted by atomic mass is 10.2. The zero-order chi connectivity index (χ0) is 17.0. The van der Waals surface area contributed by atoms with Crippen LogP contribution in [0.5, 0.6) is 0 Å². The molecule has 0 spiro atoms. The van der Waals surface area contributed by atoms with Crippen LogP contribution in [0.1, 0.15) is 27.5 Å². The molecular weight excluding hydrogens is 361 g/mol. The van der Waals surface area contributed by atoms with Crippen LogP contribution in [0.15, 0.2) is 30.3 Å². The van der Waals surface area contributed by atoms with Crippen molar-refractivity contribution in [1.29, 1.82) is 0 Å². The third-order valence-corrected chi connectivity index (χ3v) is 4.55. The van der Waals surface area contributed by atoms with Gasteiger partial charge in [-0.25, -0.2) is 10.3 Å². The molecule has 0 fully saturated rings. The summed E-state index contributed by atoms with van der Waals surface area (Å²) in [6.07, 6.45) is 0. The number of hydroxylamine groups is 1. The number of hydrogen-bond acceptors (Lipinski definition) is 4. The minimum Gasteiger partial charge on any atom is -0.331 e. The van der Waals surface area contributed by atoms with Crippen LogP contribution >= 0.6 is 34.5 Å². The first kappa shape index (κ1) is 17.6. The molecule has 0 aliphatic carbocycles. The van der Waals surface area contributed by atoms with E-state index in [2.05, 4.69) is 10.6 Å². The number of halogens is 2. The number of nitrogens with one attached hydrogen (secondary N) is 3. The number of amides is 3. The lowest BCUT2D eigenvalue weighted by Crippen LogP contribution is -2.30. The Kier molecular flexibility index (Phi) is 5.84.